The van der Waals surface area contributed by atoms with Crippen molar-refractivity contribution in [2.75, 3.05) is 13.6 Å². The predicted octanol–water partition coefficient (Wildman–Crippen LogP) is 2.64. The van der Waals surface area contributed by atoms with E-state index in [2.05, 4.69) is 23.0 Å². The molecule has 0 amide bonds. The molecule has 0 spiro atoms. The lowest BCUT2D eigenvalue weighted by molar-refractivity contribution is 0.147. The Morgan fingerprint density at radius 2 is 1.95 bits per heavy atom. The normalized spacial score (nSPS) is 12.6. The number of aliphatic hydroxyl groups excluding tert-OH is 1. The second-order valence-corrected chi connectivity index (χ2v) is 4.81. The van der Waals surface area contributed by atoms with Gasteiger partial charge in [-0.1, -0.05) is 36.4 Å². The zero-order valence-electron chi connectivity index (χ0n) is 11.2. The predicted molar refractivity (Wildman–Crippen MR) is 76.6 cm³/mol. The molecular weight excluding hydrogens is 236 g/mol. The van der Waals surface area contributed by atoms with Gasteiger partial charge in [-0.05, 0) is 30.7 Å². The number of pyridine rings is 1. The Kier molecular flexibility index (Phi) is 5.07. The van der Waals surface area contributed by atoms with E-state index >= 15 is 0 Å². The zero-order valence-corrected chi connectivity index (χ0v) is 11.2. The van der Waals surface area contributed by atoms with Gasteiger partial charge in [0.1, 0.15) is 0 Å². The summed E-state index contributed by atoms with van der Waals surface area (Å²) < 4.78 is 0. The number of aromatic nitrogens is 1. The van der Waals surface area contributed by atoms with Crippen molar-refractivity contribution in [3.05, 3.63) is 66.0 Å². The van der Waals surface area contributed by atoms with Crippen molar-refractivity contribution in [2.24, 2.45) is 0 Å². The Balaban J connectivity index is 1.79. The van der Waals surface area contributed by atoms with Crippen molar-refractivity contribution in [3.63, 3.8) is 0 Å². The van der Waals surface area contributed by atoms with E-state index in [4.69, 9.17) is 0 Å². The molecule has 0 fully saturated rings. The van der Waals surface area contributed by atoms with Gasteiger partial charge in [0, 0.05) is 25.5 Å². The Labute approximate surface area is 114 Å². The lowest BCUT2D eigenvalue weighted by Crippen LogP contribution is -2.21. The number of rotatable bonds is 6. The summed E-state index contributed by atoms with van der Waals surface area (Å²) >= 11 is 0. The van der Waals surface area contributed by atoms with Crippen LogP contribution in [0, 0.1) is 0 Å². The highest BCUT2D eigenvalue weighted by atomic mass is 16.3. The molecule has 0 radical (unpaired) electrons. The molecule has 19 heavy (non-hydrogen) atoms. The zero-order chi connectivity index (χ0) is 13.5. The van der Waals surface area contributed by atoms with Crippen LogP contribution in [0.4, 0.5) is 0 Å². The topological polar surface area (TPSA) is 36.4 Å². The summed E-state index contributed by atoms with van der Waals surface area (Å²) in [6.45, 7) is 1.71. The Hall–Kier alpha value is -1.71. The van der Waals surface area contributed by atoms with Crippen molar-refractivity contribution in [1.82, 2.24) is 9.88 Å². The van der Waals surface area contributed by atoms with Crippen LogP contribution in [0.25, 0.3) is 0 Å². The summed E-state index contributed by atoms with van der Waals surface area (Å²) in [6.07, 6.45) is 4.01. The number of hydrogen-bond acceptors (Lipinski definition) is 3. The SMILES string of the molecule is CN(CCC(O)c1ccccc1)Cc1cccnc1. The van der Waals surface area contributed by atoms with Gasteiger partial charge < -0.3 is 10.0 Å². The van der Waals surface area contributed by atoms with Crippen molar-refractivity contribution in [3.8, 4) is 0 Å². The van der Waals surface area contributed by atoms with Crippen LogP contribution < -0.4 is 0 Å². The van der Waals surface area contributed by atoms with Gasteiger partial charge in [0.05, 0.1) is 6.10 Å². The summed E-state index contributed by atoms with van der Waals surface area (Å²) in [6, 6.07) is 13.8. The summed E-state index contributed by atoms with van der Waals surface area (Å²) in [7, 11) is 2.06. The molecule has 0 saturated carbocycles. The molecule has 0 aliphatic heterocycles. The van der Waals surface area contributed by atoms with E-state index in [-0.39, 0.29) is 0 Å². The van der Waals surface area contributed by atoms with Crippen molar-refractivity contribution >= 4 is 0 Å². The largest absolute Gasteiger partial charge is 0.388 e. The van der Waals surface area contributed by atoms with Gasteiger partial charge in [-0.3, -0.25) is 4.98 Å². The molecule has 1 unspecified atom stereocenters. The summed E-state index contributed by atoms with van der Waals surface area (Å²) in [5.74, 6) is 0. The third-order valence-corrected chi connectivity index (χ3v) is 3.14. The summed E-state index contributed by atoms with van der Waals surface area (Å²) in [5.41, 5.74) is 2.18. The second-order valence-electron chi connectivity index (χ2n) is 4.81. The van der Waals surface area contributed by atoms with Crippen LogP contribution in [0.15, 0.2) is 54.9 Å². The standard InChI is InChI=1S/C16H20N2O/c1-18(13-14-6-5-10-17-12-14)11-9-16(19)15-7-3-2-4-8-15/h2-8,10,12,16,19H,9,11,13H2,1H3. The first-order valence-electron chi connectivity index (χ1n) is 6.56. The molecule has 3 nitrogen and oxygen atoms in total. The average Bonchev–Trinajstić information content (AvgIpc) is 2.47. The molecule has 1 heterocycles. The monoisotopic (exact) mass is 256 g/mol. The molecule has 0 bridgehead atoms. The quantitative estimate of drug-likeness (QED) is 0.863. The fourth-order valence-electron chi connectivity index (χ4n) is 2.07. The highest BCUT2D eigenvalue weighted by molar-refractivity contribution is 5.17. The van der Waals surface area contributed by atoms with Crippen LogP contribution >= 0.6 is 0 Å². The minimum absolute atomic E-state index is 0.391. The lowest BCUT2D eigenvalue weighted by atomic mass is 10.1. The van der Waals surface area contributed by atoms with Crippen LogP contribution in [0.1, 0.15) is 23.7 Å². The fraction of sp³-hybridized carbons (Fsp3) is 0.312. The van der Waals surface area contributed by atoms with Gasteiger partial charge in [0.15, 0.2) is 0 Å². The average molecular weight is 256 g/mol. The van der Waals surface area contributed by atoms with Gasteiger partial charge >= 0.3 is 0 Å². The maximum Gasteiger partial charge on any atom is 0.0802 e. The first-order valence-corrected chi connectivity index (χ1v) is 6.56. The molecule has 2 aromatic rings. The molecule has 0 aliphatic rings. The minimum atomic E-state index is -0.391. The Bertz CT molecular complexity index is 473. The first-order chi connectivity index (χ1) is 9.25. The van der Waals surface area contributed by atoms with E-state index in [1.54, 1.807) is 6.20 Å². The highest BCUT2D eigenvalue weighted by Crippen LogP contribution is 2.16. The lowest BCUT2D eigenvalue weighted by Gasteiger charge is -2.19. The number of aliphatic hydroxyl groups is 1. The maximum absolute atomic E-state index is 10.1. The van der Waals surface area contributed by atoms with E-state index in [0.29, 0.717) is 0 Å². The number of nitrogens with zero attached hydrogens (tertiary/aromatic N) is 2. The molecule has 3 heteroatoms. The maximum atomic E-state index is 10.1. The third-order valence-electron chi connectivity index (χ3n) is 3.14. The molecule has 100 valence electrons. The van der Waals surface area contributed by atoms with Crippen molar-refractivity contribution in [1.29, 1.82) is 0 Å². The van der Waals surface area contributed by atoms with Gasteiger partial charge in [-0.15, -0.1) is 0 Å². The second kappa shape index (κ2) is 7.02. The molecule has 2 rings (SSSR count). The van der Waals surface area contributed by atoms with Crippen molar-refractivity contribution in [2.45, 2.75) is 19.1 Å². The summed E-state index contributed by atoms with van der Waals surface area (Å²) in [5, 5.41) is 10.1. The van der Waals surface area contributed by atoms with Gasteiger partial charge in [0.25, 0.3) is 0 Å². The first kappa shape index (κ1) is 13.7. The van der Waals surface area contributed by atoms with E-state index in [9.17, 15) is 5.11 Å². The third kappa shape index (κ3) is 4.47. The van der Waals surface area contributed by atoms with Crippen molar-refractivity contribution < 1.29 is 5.11 Å². The van der Waals surface area contributed by atoms with Crippen LogP contribution in [0.3, 0.4) is 0 Å². The van der Waals surface area contributed by atoms with Crippen LogP contribution in [0.5, 0.6) is 0 Å². The van der Waals surface area contributed by atoms with Crippen LogP contribution in [-0.4, -0.2) is 28.6 Å². The van der Waals surface area contributed by atoms with E-state index in [1.165, 1.54) is 5.56 Å². The Morgan fingerprint density at radius 3 is 2.63 bits per heavy atom. The van der Waals surface area contributed by atoms with E-state index in [0.717, 1.165) is 25.1 Å². The molecule has 1 aromatic carbocycles. The smallest absolute Gasteiger partial charge is 0.0802 e. The fourth-order valence-corrected chi connectivity index (χ4v) is 2.07. The van der Waals surface area contributed by atoms with Crippen LogP contribution in [0.2, 0.25) is 0 Å². The van der Waals surface area contributed by atoms with Gasteiger partial charge in [-0.2, -0.15) is 0 Å². The molecule has 0 aliphatic carbocycles. The molecule has 1 aromatic heterocycles. The van der Waals surface area contributed by atoms with Crippen LogP contribution in [-0.2, 0) is 6.54 Å². The van der Waals surface area contributed by atoms with Gasteiger partial charge in [0.2, 0.25) is 0 Å². The molecule has 1 N–H and O–H groups in total. The van der Waals surface area contributed by atoms with E-state index in [1.807, 2.05) is 42.6 Å². The summed E-state index contributed by atoms with van der Waals surface area (Å²) in [4.78, 5) is 6.30. The Morgan fingerprint density at radius 1 is 1.16 bits per heavy atom. The highest BCUT2D eigenvalue weighted by Gasteiger charge is 2.08. The van der Waals surface area contributed by atoms with E-state index < -0.39 is 6.10 Å². The molecule has 1 atom stereocenters. The number of hydrogen-bond donors (Lipinski definition) is 1. The van der Waals surface area contributed by atoms with Gasteiger partial charge in [-0.25, -0.2) is 0 Å². The molecule has 0 saturated heterocycles. The minimum Gasteiger partial charge on any atom is -0.388 e. The molecular formula is C16H20N2O. The number of benzene rings is 1.